The van der Waals surface area contributed by atoms with Gasteiger partial charge in [-0.25, -0.2) is 9.59 Å². The van der Waals surface area contributed by atoms with E-state index in [0.29, 0.717) is 5.56 Å². The van der Waals surface area contributed by atoms with Crippen molar-refractivity contribution in [2.75, 3.05) is 13.7 Å². The highest BCUT2D eigenvalue weighted by Gasteiger charge is 2.30. The summed E-state index contributed by atoms with van der Waals surface area (Å²) in [4.78, 5) is 24.2. The normalized spacial score (nSPS) is 13.0. The number of carboxylic acid groups (broad SMARTS) is 1. The number of phenolic OH excluding ortho intramolecular Hbond substituents is 1. The summed E-state index contributed by atoms with van der Waals surface area (Å²) in [6.45, 7) is 0.0800. The Kier molecular flexibility index (Phi) is 5.98. The first kappa shape index (κ1) is 21.2. The first-order valence-corrected chi connectivity index (χ1v) is 10.2. The highest BCUT2D eigenvalue weighted by atomic mass is 16.5. The number of phenols is 1. The fourth-order valence-electron chi connectivity index (χ4n) is 4.10. The third-order valence-electron chi connectivity index (χ3n) is 5.66. The van der Waals surface area contributed by atoms with E-state index in [0.717, 1.165) is 22.3 Å². The number of aliphatic carboxylic acids is 1. The van der Waals surface area contributed by atoms with E-state index in [2.05, 4.69) is 5.32 Å². The Hall–Kier alpha value is -4.00. The van der Waals surface area contributed by atoms with Crippen LogP contribution in [0.4, 0.5) is 4.79 Å². The molecule has 0 fully saturated rings. The lowest BCUT2D eigenvalue weighted by Crippen LogP contribution is -2.42. The largest absolute Gasteiger partial charge is 0.504 e. The number of carbonyl (C=O) groups is 2. The Balaban J connectivity index is 1.45. The number of alkyl carbamates (subject to hydrolysis) is 1. The highest BCUT2D eigenvalue weighted by molar-refractivity contribution is 5.81. The van der Waals surface area contributed by atoms with Gasteiger partial charge in [0.25, 0.3) is 0 Å². The molecule has 4 rings (SSSR count). The van der Waals surface area contributed by atoms with Crippen LogP contribution in [0.25, 0.3) is 11.1 Å². The first-order valence-electron chi connectivity index (χ1n) is 10.2. The van der Waals surface area contributed by atoms with Gasteiger partial charge in [-0.2, -0.15) is 0 Å². The molecule has 0 aliphatic heterocycles. The molecule has 3 aromatic rings. The number of rotatable bonds is 7. The molecule has 1 atom stereocenters. The maximum absolute atomic E-state index is 12.5. The molecule has 1 aliphatic rings. The summed E-state index contributed by atoms with van der Waals surface area (Å²) in [6.07, 6.45) is -0.954. The maximum atomic E-state index is 12.5. The zero-order chi connectivity index (χ0) is 22.7. The zero-order valence-corrected chi connectivity index (χ0v) is 17.4. The number of benzene rings is 3. The molecule has 1 amide bonds. The van der Waals surface area contributed by atoms with E-state index in [1.165, 1.54) is 7.11 Å². The zero-order valence-electron chi connectivity index (χ0n) is 17.4. The SMILES string of the molecule is COc1cccc(C[C@H](NC(=O)OCC2c3ccccc3-c3ccccc32)C(=O)O)c1O. The van der Waals surface area contributed by atoms with Crippen LogP contribution < -0.4 is 10.1 Å². The highest BCUT2D eigenvalue weighted by Crippen LogP contribution is 2.44. The molecule has 0 saturated heterocycles. The Morgan fingerprint density at radius 2 is 1.59 bits per heavy atom. The predicted molar refractivity (Wildman–Crippen MR) is 118 cm³/mol. The molecule has 3 aromatic carbocycles. The quantitative estimate of drug-likeness (QED) is 0.521. The predicted octanol–water partition coefficient (Wildman–Crippen LogP) is 3.94. The summed E-state index contributed by atoms with van der Waals surface area (Å²) in [6, 6.07) is 19.4. The van der Waals surface area contributed by atoms with Gasteiger partial charge in [0.05, 0.1) is 7.11 Å². The van der Waals surface area contributed by atoms with Crippen molar-refractivity contribution in [1.29, 1.82) is 0 Å². The van der Waals surface area contributed by atoms with Gasteiger partial charge in [-0.05, 0) is 28.3 Å². The van der Waals surface area contributed by atoms with Crippen molar-refractivity contribution in [2.24, 2.45) is 0 Å². The Morgan fingerprint density at radius 1 is 0.969 bits per heavy atom. The van der Waals surface area contributed by atoms with Crippen LogP contribution in [0, 0.1) is 0 Å². The van der Waals surface area contributed by atoms with Gasteiger partial charge in [0.15, 0.2) is 11.5 Å². The number of methoxy groups -OCH3 is 1. The Morgan fingerprint density at radius 3 is 2.19 bits per heavy atom. The van der Waals surface area contributed by atoms with Gasteiger partial charge in [-0.15, -0.1) is 0 Å². The van der Waals surface area contributed by atoms with Crippen molar-refractivity contribution in [3.8, 4) is 22.6 Å². The second-order valence-electron chi connectivity index (χ2n) is 7.53. The van der Waals surface area contributed by atoms with Gasteiger partial charge in [0.1, 0.15) is 12.6 Å². The average Bonchev–Trinajstić information content (AvgIpc) is 3.12. The number of nitrogens with one attached hydrogen (secondary N) is 1. The molecule has 0 radical (unpaired) electrons. The molecule has 0 heterocycles. The minimum atomic E-state index is -1.27. The Bertz CT molecular complexity index is 1110. The molecule has 3 N–H and O–H groups in total. The number of carbonyl (C=O) groups excluding carboxylic acids is 1. The number of fused-ring (bicyclic) bond motifs is 3. The minimum absolute atomic E-state index is 0.0800. The van der Waals surface area contributed by atoms with Crippen molar-refractivity contribution < 1.29 is 29.3 Å². The van der Waals surface area contributed by atoms with Crippen molar-refractivity contribution in [2.45, 2.75) is 18.4 Å². The van der Waals surface area contributed by atoms with Gasteiger partial charge >= 0.3 is 12.1 Å². The fraction of sp³-hybridized carbons (Fsp3) is 0.200. The molecular formula is C25H23NO6. The summed E-state index contributed by atoms with van der Waals surface area (Å²) in [7, 11) is 1.41. The van der Waals surface area contributed by atoms with E-state index in [1.54, 1.807) is 18.2 Å². The lowest BCUT2D eigenvalue weighted by Gasteiger charge is -2.18. The molecule has 0 unspecified atom stereocenters. The summed E-state index contributed by atoms with van der Waals surface area (Å²) in [5.74, 6) is -1.29. The second kappa shape index (κ2) is 9.01. The number of ether oxygens (including phenoxy) is 2. The maximum Gasteiger partial charge on any atom is 0.407 e. The van der Waals surface area contributed by atoms with E-state index in [-0.39, 0.29) is 30.4 Å². The van der Waals surface area contributed by atoms with Crippen LogP contribution in [-0.4, -0.2) is 42.0 Å². The fourth-order valence-corrected chi connectivity index (χ4v) is 4.10. The van der Waals surface area contributed by atoms with Crippen molar-refractivity contribution in [1.82, 2.24) is 5.32 Å². The molecule has 7 heteroatoms. The van der Waals surface area contributed by atoms with Gasteiger partial charge < -0.3 is 25.0 Å². The van der Waals surface area contributed by atoms with Crippen LogP contribution in [0.3, 0.4) is 0 Å². The monoisotopic (exact) mass is 433 g/mol. The lowest BCUT2D eigenvalue weighted by molar-refractivity contribution is -0.139. The molecular weight excluding hydrogens is 410 g/mol. The molecule has 1 aliphatic carbocycles. The van der Waals surface area contributed by atoms with Crippen molar-refractivity contribution in [3.63, 3.8) is 0 Å². The van der Waals surface area contributed by atoms with E-state index in [1.807, 2.05) is 48.5 Å². The average molecular weight is 433 g/mol. The topological polar surface area (TPSA) is 105 Å². The van der Waals surface area contributed by atoms with Crippen LogP contribution in [0.1, 0.15) is 22.6 Å². The van der Waals surface area contributed by atoms with Crippen LogP contribution in [-0.2, 0) is 16.0 Å². The summed E-state index contributed by atoms with van der Waals surface area (Å²) >= 11 is 0. The molecule has 0 aromatic heterocycles. The second-order valence-corrected chi connectivity index (χ2v) is 7.53. The third kappa shape index (κ3) is 4.09. The lowest BCUT2D eigenvalue weighted by atomic mass is 9.98. The van der Waals surface area contributed by atoms with Gasteiger partial charge in [0, 0.05) is 17.9 Å². The molecule has 0 saturated carbocycles. The number of amides is 1. The van der Waals surface area contributed by atoms with Gasteiger partial charge in [-0.3, -0.25) is 0 Å². The molecule has 0 spiro atoms. The van der Waals surface area contributed by atoms with Crippen LogP contribution >= 0.6 is 0 Å². The molecule has 164 valence electrons. The van der Waals surface area contributed by atoms with Crippen LogP contribution in [0.2, 0.25) is 0 Å². The molecule has 0 bridgehead atoms. The van der Waals surface area contributed by atoms with Crippen molar-refractivity contribution >= 4 is 12.1 Å². The van der Waals surface area contributed by atoms with Crippen LogP contribution in [0.15, 0.2) is 66.7 Å². The smallest absolute Gasteiger partial charge is 0.407 e. The molecule has 32 heavy (non-hydrogen) atoms. The third-order valence-corrected chi connectivity index (χ3v) is 5.66. The standard InChI is InChI=1S/C25H23NO6/c1-31-22-12-6-7-15(23(22)27)13-21(24(28)29)26-25(30)32-14-20-18-10-4-2-8-16(18)17-9-3-5-11-19(17)20/h2-12,20-21,27H,13-14H2,1H3,(H,26,30)(H,28,29)/t21-/m0/s1. The van der Waals surface area contributed by atoms with Crippen molar-refractivity contribution in [3.05, 3.63) is 83.4 Å². The number of carboxylic acids is 1. The van der Waals surface area contributed by atoms with Gasteiger partial charge in [0.2, 0.25) is 0 Å². The van der Waals surface area contributed by atoms with Gasteiger partial charge in [-0.1, -0.05) is 60.7 Å². The number of para-hydroxylation sites is 1. The number of hydrogen-bond acceptors (Lipinski definition) is 5. The minimum Gasteiger partial charge on any atom is -0.504 e. The summed E-state index contributed by atoms with van der Waals surface area (Å²) < 4.78 is 10.5. The number of aromatic hydroxyl groups is 1. The Labute approximate surface area is 185 Å². The summed E-state index contributed by atoms with van der Waals surface area (Å²) in [5, 5.41) is 22.2. The first-order chi connectivity index (χ1) is 15.5. The number of hydrogen-bond donors (Lipinski definition) is 3. The molecule has 7 nitrogen and oxygen atoms in total. The van der Waals surface area contributed by atoms with E-state index >= 15 is 0 Å². The van der Waals surface area contributed by atoms with E-state index in [4.69, 9.17) is 9.47 Å². The van der Waals surface area contributed by atoms with E-state index in [9.17, 15) is 19.8 Å². The van der Waals surface area contributed by atoms with Crippen LogP contribution in [0.5, 0.6) is 11.5 Å². The summed E-state index contributed by atoms with van der Waals surface area (Å²) in [5.41, 5.74) is 4.69. The van der Waals surface area contributed by atoms with E-state index < -0.39 is 18.1 Å².